The lowest BCUT2D eigenvalue weighted by Gasteiger charge is -2.15. The molecule has 0 spiro atoms. The third-order valence-corrected chi connectivity index (χ3v) is 2.05. The Morgan fingerprint density at radius 3 is 2.00 bits per heavy atom. The highest BCUT2D eigenvalue weighted by atomic mass is 19.4. The summed E-state index contributed by atoms with van der Waals surface area (Å²) in [5, 5.41) is 18.0. The minimum absolute atomic E-state index is 0.122. The molecule has 0 amide bonds. The van der Waals surface area contributed by atoms with Gasteiger partial charge in [-0.05, 0) is 0 Å². The third-order valence-electron chi connectivity index (χ3n) is 2.05. The number of aliphatic hydroxyl groups excluding tert-OH is 2. The Balaban J connectivity index is 2.25. The highest BCUT2D eigenvalue weighted by Gasteiger charge is 2.33. The van der Waals surface area contributed by atoms with E-state index < -0.39 is 24.8 Å². The second kappa shape index (κ2) is 3.81. The number of β-amino-alcohol motifs (C(OH)–C–C–N with tert-alkyl or cyclic N) is 2. The fraction of sp³-hybridized carbons (Fsp3) is 1.00. The summed E-state index contributed by atoms with van der Waals surface area (Å²) in [6, 6.07) is 0. The molecule has 1 saturated heterocycles. The van der Waals surface area contributed by atoms with Crippen LogP contribution in [0.4, 0.5) is 13.2 Å². The van der Waals surface area contributed by atoms with Gasteiger partial charge in [0.2, 0.25) is 0 Å². The Bertz CT molecular complexity index is 164. The molecule has 1 fully saturated rings. The summed E-state index contributed by atoms with van der Waals surface area (Å²) in [6.45, 7) is 0.0894. The van der Waals surface area contributed by atoms with E-state index in [2.05, 4.69) is 0 Å². The molecular weight excluding hydrogens is 187 g/mol. The predicted molar refractivity (Wildman–Crippen MR) is 39.1 cm³/mol. The molecule has 0 aromatic rings. The summed E-state index contributed by atoms with van der Waals surface area (Å²) in [4.78, 5) is 1.41. The zero-order valence-electron chi connectivity index (χ0n) is 6.96. The van der Waals surface area contributed by atoms with Gasteiger partial charge in [-0.15, -0.1) is 0 Å². The summed E-state index contributed by atoms with van der Waals surface area (Å²) in [6.07, 6.45) is -6.88. The first kappa shape index (κ1) is 10.7. The fourth-order valence-corrected chi connectivity index (χ4v) is 1.31. The Kier molecular flexibility index (Phi) is 3.15. The zero-order valence-corrected chi connectivity index (χ0v) is 6.96. The molecule has 6 heteroatoms. The molecule has 2 unspecified atom stereocenters. The number of nitrogens with zero attached hydrogens (tertiary/aromatic N) is 1. The van der Waals surface area contributed by atoms with Crippen LogP contribution in [0.1, 0.15) is 6.42 Å². The second-order valence-corrected chi connectivity index (χ2v) is 3.26. The number of hydrogen-bond donors (Lipinski definition) is 2. The molecule has 78 valence electrons. The van der Waals surface area contributed by atoms with Crippen LogP contribution < -0.4 is 0 Å². The lowest BCUT2D eigenvalue weighted by molar-refractivity contribution is -0.137. The standard InChI is InChI=1S/C7H12F3NO2/c8-7(9,10)1-2-11-3-5(12)6(13)4-11/h5-6,12-13H,1-4H2. The molecule has 1 aliphatic heterocycles. The van der Waals surface area contributed by atoms with Crippen molar-refractivity contribution in [3.05, 3.63) is 0 Å². The van der Waals surface area contributed by atoms with Crippen molar-refractivity contribution < 1.29 is 23.4 Å². The summed E-state index contributed by atoms with van der Waals surface area (Å²) in [5.74, 6) is 0. The topological polar surface area (TPSA) is 43.7 Å². The summed E-state index contributed by atoms with van der Waals surface area (Å²) >= 11 is 0. The van der Waals surface area contributed by atoms with E-state index in [1.165, 1.54) is 4.90 Å². The monoisotopic (exact) mass is 199 g/mol. The molecule has 1 aliphatic rings. The number of aliphatic hydroxyl groups is 2. The van der Waals surface area contributed by atoms with Crippen LogP contribution >= 0.6 is 0 Å². The average molecular weight is 199 g/mol. The normalized spacial score (nSPS) is 31.2. The maximum atomic E-state index is 11.8. The van der Waals surface area contributed by atoms with Crippen LogP contribution in [0.2, 0.25) is 0 Å². The zero-order chi connectivity index (χ0) is 10.1. The fourth-order valence-electron chi connectivity index (χ4n) is 1.31. The van der Waals surface area contributed by atoms with E-state index in [9.17, 15) is 13.2 Å². The van der Waals surface area contributed by atoms with Crippen molar-refractivity contribution in [2.24, 2.45) is 0 Å². The van der Waals surface area contributed by atoms with Crippen molar-refractivity contribution >= 4 is 0 Å². The molecule has 2 atom stereocenters. The van der Waals surface area contributed by atoms with Gasteiger partial charge in [0.25, 0.3) is 0 Å². The molecule has 3 nitrogen and oxygen atoms in total. The van der Waals surface area contributed by atoms with Crippen LogP contribution in [0.5, 0.6) is 0 Å². The van der Waals surface area contributed by atoms with Crippen LogP contribution in [-0.4, -0.2) is 53.1 Å². The van der Waals surface area contributed by atoms with Gasteiger partial charge in [-0.3, -0.25) is 4.90 Å². The van der Waals surface area contributed by atoms with E-state index in [1.54, 1.807) is 0 Å². The van der Waals surface area contributed by atoms with Crippen molar-refractivity contribution in [3.63, 3.8) is 0 Å². The van der Waals surface area contributed by atoms with Gasteiger partial charge in [-0.2, -0.15) is 13.2 Å². The highest BCUT2D eigenvalue weighted by molar-refractivity contribution is 4.83. The molecule has 1 rings (SSSR count). The largest absolute Gasteiger partial charge is 0.390 e. The van der Waals surface area contributed by atoms with E-state index >= 15 is 0 Å². The van der Waals surface area contributed by atoms with Gasteiger partial charge in [0.15, 0.2) is 0 Å². The molecule has 0 aromatic carbocycles. The van der Waals surface area contributed by atoms with Crippen molar-refractivity contribution in [3.8, 4) is 0 Å². The van der Waals surface area contributed by atoms with Crippen LogP contribution in [0, 0.1) is 0 Å². The predicted octanol–water partition coefficient (Wildman–Crippen LogP) is -0.0238. The minimum Gasteiger partial charge on any atom is -0.389 e. The lowest BCUT2D eigenvalue weighted by Crippen LogP contribution is -2.27. The lowest BCUT2D eigenvalue weighted by atomic mass is 10.3. The number of rotatable bonds is 2. The Morgan fingerprint density at radius 1 is 1.15 bits per heavy atom. The molecule has 0 aromatic heterocycles. The molecule has 1 heterocycles. The maximum Gasteiger partial charge on any atom is 0.390 e. The maximum absolute atomic E-state index is 11.8. The first-order valence-electron chi connectivity index (χ1n) is 4.04. The SMILES string of the molecule is OC1CN(CCC(F)(F)F)CC1O. The van der Waals surface area contributed by atoms with Crippen LogP contribution in [0.15, 0.2) is 0 Å². The van der Waals surface area contributed by atoms with Crippen molar-refractivity contribution in [1.82, 2.24) is 4.90 Å². The number of alkyl halides is 3. The average Bonchev–Trinajstić information content (AvgIpc) is 2.27. The smallest absolute Gasteiger partial charge is 0.389 e. The van der Waals surface area contributed by atoms with Gasteiger partial charge < -0.3 is 10.2 Å². The number of hydrogen-bond acceptors (Lipinski definition) is 3. The number of halogens is 3. The van der Waals surface area contributed by atoms with Gasteiger partial charge in [-0.25, -0.2) is 0 Å². The van der Waals surface area contributed by atoms with E-state index in [0.29, 0.717) is 0 Å². The van der Waals surface area contributed by atoms with E-state index in [-0.39, 0.29) is 19.6 Å². The molecule has 0 bridgehead atoms. The van der Waals surface area contributed by atoms with Crippen molar-refractivity contribution in [2.45, 2.75) is 24.8 Å². The first-order valence-corrected chi connectivity index (χ1v) is 4.04. The van der Waals surface area contributed by atoms with Crippen molar-refractivity contribution in [1.29, 1.82) is 0 Å². The Hall–Kier alpha value is -0.330. The van der Waals surface area contributed by atoms with Gasteiger partial charge in [0.05, 0.1) is 18.6 Å². The van der Waals surface area contributed by atoms with E-state index in [4.69, 9.17) is 10.2 Å². The highest BCUT2D eigenvalue weighted by Crippen LogP contribution is 2.21. The first-order chi connectivity index (χ1) is 5.88. The van der Waals surface area contributed by atoms with Gasteiger partial charge >= 0.3 is 6.18 Å². The van der Waals surface area contributed by atoms with Crippen LogP contribution in [-0.2, 0) is 0 Å². The molecule has 0 saturated carbocycles. The second-order valence-electron chi connectivity index (χ2n) is 3.26. The Labute approximate surface area is 73.8 Å². The van der Waals surface area contributed by atoms with E-state index in [0.717, 1.165) is 0 Å². The Morgan fingerprint density at radius 2 is 1.62 bits per heavy atom. The summed E-state index contributed by atoms with van der Waals surface area (Å²) < 4.78 is 35.3. The molecule has 2 N–H and O–H groups in total. The molecule has 0 aliphatic carbocycles. The molecule has 13 heavy (non-hydrogen) atoms. The summed E-state index contributed by atoms with van der Waals surface area (Å²) in [7, 11) is 0. The van der Waals surface area contributed by atoms with Crippen molar-refractivity contribution in [2.75, 3.05) is 19.6 Å². The van der Waals surface area contributed by atoms with Gasteiger partial charge in [0.1, 0.15) is 0 Å². The molecule has 0 radical (unpaired) electrons. The van der Waals surface area contributed by atoms with Crippen LogP contribution in [0.3, 0.4) is 0 Å². The van der Waals surface area contributed by atoms with Crippen LogP contribution in [0.25, 0.3) is 0 Å². The molecular formula is C7H12F3NO2. The third kappa shape index (κ3) is 3.50. The van der Waals surface area contributed by atoms with Gasteiger partial charge in [0, 0.05) is 19.6 Å². The van der Waals surface area contributed by atoms with E-state index in [1.807, 2.05) is 0 Å². The van der Waals surface area contributed by atoms with Gasteiger partial charge in [-0.1, -0.05) is 0 Å². The quantitative estimate of drug-likeness (QED) is 0.656. The summed E-state index contributed by atoms with van der Waals surface area (Å²) in [5.41, 5.74) is 0. The number of likely N-dealkylation sites (tertiary alicyclic amines) is 1. The minimum atomic E-state index is -4.17.